The van der Waals surface area contributed by atoms with Gasteiger partial charge in [-0.25, -0.2) is 4.98 Å². The Morgan fingerprint density at radius 2 is 1.97 bits per heavy atom. The number of piperidine rings is 1. The van der Waals surface area contributed by atoms with Crippen LogP contribution in [0.1, 0.15) is 24.6 Å². The number of thioether (sulfide) groups is 1. The van der Waals surface area contributed by atoms with Crippen LogP contribution >= 0.6 is 24.2 Å². The molecule has 9 nitrogen and oxygen atoms in total. The summed E-state index contributed by atoms with van der Waals surface area (Å²) in [6.07, 6.45) is 5.27. The Morgan fingerprint density at radius 1 is 1.12 bits per heavy atom. The van der Waals surface area contributed by atoms with E-state index in [0.717, 1.165) is 50.5 Å². The number of pyridine rings is 2. The van der Waals surface area contributed by atoms with Gasteiger partial charge in [-0.2, -0.15) is 0 Å². The Hall–Kier alpha value is -2.40. The van der Waals surface area contributed by atoms with E-state index in [1.54, 1.807) is 27.0 Å². The molecule has 6 heterocycles. The van der Waals surface area contributed by atoms with Crippen molar-refractivity contribution in [3.8, 4) is 5.75 Å². The number of likely N-dealkylation sites (tertiary alicyclic amines) is 1. The van der Waals surface area contributed by atoms with E-state index in [-0.39, 0.29) is 29.6 Å². The molecule has 174 valence electrons. The fourth-order valence-electron chi connectivity index (χ4n) is 4.97. The number of nitrogens with zero attached hydrogens (tertiary/aromatic N) is 5. The lowest BCUT2D eigenvalue weighted by Gasteiger charge is -2.34. The maximum absolute atomic E-state index is 12.5. The summed E-state index contributed by atoms with van der Waals surface area (Å²) < 4.78 is 8.95. The molecular formula is C22H25ClN6O3S. The number of fused-ring (bicyclic) bond motifs is 1. The monoisotopic (exact) mass is 488 g/mol. The van der Waals surface area contributed by atoms with Gasteiger partial charge in [0.1, 0.15) is 17.1 Å². The second-order valence-corrected chi connectivity index (χ2v) is 9.56. The van der Waals surface area contributed by atoms with Gasteiger partial charge in [0.2, 0.25) is 0 Å². The molecule has 1 saturated heterocycles. The largest absolute Gasteiger partial charge is 0.480 e. The number of halogens is 1. The number of ether oxygens (including phenoxy) is 1. The van der Waals surface area contributed by atoms with Gasteiger partial charge < -0.3 is 15.0 Å². The Balaban J connectivity index is 0.00000228. The summed E-state index contributed by atoms with van der Waals surface area (Å²) in [5.41, 5.74) is 2.17. The quantitative estimate of drug-likeness (QED) is 0.579. The van der Waals surface area contributed by atoms with Gasteiger partial charge in [-0.3, -0.25) is 23.7 Å². The molecule has 33 heavy (non-hydrogen) atoms. The molecule has 0 amide bonds. The van der Waals surface area contributed by atoms with Crippen molar-refractivity contribution in [2.24, 2.45) is 0 Å². The van der Waals surface area contributed by atoms with Crippen molar-refractivity contribution in [3.63, 3.8) is 0 Å². The summed E-state index contributed by atoms with van der Waals surface area (Å²) in [7, 11) is 0. The molecular weight excluding hydrogens is 464 g/mol. The van der Waals surface area contributed by atoms with Crippen molar-refractivity contribution < 1.29 is 4.74 Å². The van der Waals surface area contributed by atoms with Crippen molar-refractivity contribution in [1.29, 1.82) is 0 Å². The molecule has 1 atom stereocenters. The Bertz CT molecular complexity index is 1300. The summed E-state index contributed by atoms with van der Waals surface area (Å²) in [4.78, 5) is 37.1. The van der Waals surface area contributed by atoms with Crippen LogP contribution in [-0.2, 0) is 13.1 Å². The smallest absolute Gasteiger partial charge is 0.270 e. The third-order valence-electron chi connectivity index (χ3n) is 6.62. The number of rotatable bonds is 5. The normalized spacial score (nSPS) is 19.9. The van der Waals surface area contributed by atoms with Crippen LogP contribution in [0.4, 0.5) is 0 Å². The third-order valence-corrected chi connectivity index (χ3v) is 7.48. The molecule has 3 aliphatic heterocycles. The molecule has 1 fully saturated rings. The highest BCUT2D eigenvalue weighted by molar-refractivity contribution is 7.99. The summed E-state index contributed by atoms with van der Waals surface area (Å²) in [5.74, 6) is 1.55. The van der Waals surface area contributed by atoms with E-state index in [2.05, 4.69) is 26.3 Å². The molecule has 0 bridgehead atoms. The van der Waals surface area contributed by atoms with Gasteiger partial charge in [-0.05, 0) is 38.1 Å². The molecule has 3 aromatic rings. The van der Waals surface area contributed by atoms with Gasteiger partial charge in [0.05, 0.1) is 29.0 Å². The van der Waals surface area contributed by atoms with Gasteiger partial charge in [0.15, 0.2) is 5.75 Å². The Kier molecular flexibility index (Phi) is 6.17. The Morgan fingerprint density at radius 3 is 2.82 bits per heavy atom. The van der Waals surface area contributed by atoms with Crippen molar-refractivity contribution in [1.82, 2.24) is 29.3 Å². The first-order chi connectivity index (χ1) is 15.7. The first-order valence-electron chi connectivity index (χ1n) is 11.0. The van der Waals surface area contributed by atoms with Crippen LogP contribution in [0, 0.1) is 0 Å². The lowest BCUT2D eigenvalue weighted by molar-refractivity contribution is 0.171. The molecule has 6 rings (SSSR count). The highest BCUT2D eigenvalue weighted by Gasteiger charge is 2.29. The van der Waals surface area contributed by atoms with Gasteiger partial charge in [-0.15, -0.1) is 12.4 Å². The first kappa shape index (κ1) is 22.4. The van der Waals surface area contributed by atoms with E-state index >= 15 is 0 Å². The van der Waals surface area contributed by atoms with Crippen LogP contribution in [0.5, 0.6) is 5.75 Å². The minimum absolute atomic E-state index is 0. The zero-order chi connectivity index (χ0) is 21.7. The zero-order valence-corrected chi connectivity index (χ0v) is 19.6. The summed E-state index contributed by atoms with van der Waals surface area (Å²) in [5, 5.41) is 3.64. The van der Waals surface area contributed by atoms with Crippen molar-refractivity contribution >= 4 is 35.3 Å². The van der Waals surface area contributed by atoms with Crippen molar-refractivity contribution in [2.45, 2.75) is 42.9 Å². The predicted molar refractivity (Wildman–Crippen MR) is 128 cm³/mol. The lowest BCUT2D eigenvalue weighted by Crippen LogP contribution is -2.44. The maximum atomic E-state index is 12.5. The van der Waals surface area contributed by atoms with Crippen LogP contribution in [-0.4, -0.2) is 55.6 Å². The summed E-state index contributed by atoms with van der Waals surface area (Å²) >= 11 is 1.71. The van der Waals surface area contributed by atoms with E-state index in [4.69, 9.17) is 4.74 Å². The summed E-state index contributed by atoms with van der Waals surface area (Å²) in [6.45, 7) is 3.97. The average Bonchev–Trinajstić information content (AvgIpc) is 3.43. The minimum Gasteiger partial charge on any atom is -0.480 e. The summed E-state index contributed by atoms with van der Waals surface area (Å²) in [6, 6.07) is 5.75. The van der Waals surface area contributed by atoms with E-state index in [1.807, 2.05) is 6.20 Å². The predicted octanol–water partition coefficient (Wildman–Crippen LogP) is 1.63. The maximum Gasteiger partial charge on any atom is 0.270 e. The van der Waals surface area contributed by atoms with E-state index in [9.17, 15) is 9.59 Å². The van der Waals surface area contributed by atoms with Gasteiger partial charge in [0.25, 0.3) is 11.1 Å². The van der Waals surface area contributed by atoms with Crippen LogP contribution in [0.25, 0.3) is 11.2 Å². The molecule has 0 saturated carbocycles. The molecule has 3 aliphatic rings. The average molecular weight is 489 g/mol. The molecule has 0 unspecified atom stereocenters. The number of hydrogen-bond donors (Lipinski definition) is 1. The second-order valence-electron chi connectivity index (χ2n) is 8.60. The van der Waals surface area contributed by atoms with Gasteiger partial charge in [0, 0.05) is 31.7 Å². The zero-order valence-electron chi connectivity index (χ0n) is 18.0. The van der Waals surface area contributed by atoms with E-state index < -0.39 is 0 Å². The number of nitrogens with one attached hydrogen (secondary N) is 1. The van der Waals surface area contributed by atoms with Crippen LogP contribution in [0.15, 0.2) is 45.1 Å². The fraction of sp³-hybridized carbons (Fsp3) is 0.455. The van der Waals surface area contributed by atoms with E-state index in [1.165, 1.54) is 17.2 Å². The second kappa shape index (κ2) is 9.09. The highest BCUT2D eigenvalue weighted by atomic mass is 35.5. The highest BCUT2D eigenvalue weighted by Crippen LogP contribution is 2.35. The third kappa shape index (κ3) is 4.16. The number of hydrogen-bond acceptors (Lipinski definition) is 8. The number of aromatic nitrogens is 4. The molecule has 0 aliphatic carbocycles. The van der Waals surface area contributed by atoms with Crippen LogP contribution in [0.3, 0.4) is 0 Å². The SMILES string of the molecule is Cl.O=c1ccc2ncc(=O)n3c2n1C[C@H]3CN1CCC(NCc2cc3c(cn2)OCS3)CC1. The van der Waals surface area contributed by atoms with Crippen molar-refractivity contribution in [2.75, 3.05) is 25.6 Å². The minimum atomic E-state index is -0.138. The molecule has 0 spiro atoms. The topological polar surface area (TPSA) is 94.3 Å². The fourth-order valence-corrected chi connectivity index (χ4v) is 5.76. The lowest BCUT2D eigenvalue weighted by atomic mass is 10.0. The van der Waals surface area contributed by atoms with E-state index in [0.29, 0.717) is 29.7 Å². The van der Waals surface area contributed by atoms with Gasteiger partial charge >= 0.3 is 0 Å². The van der Waals surface area contributed by atoms with Crippen LogP contribution in [0.2, 0.25) is 0 Å². The molecule has 1 N–H and O–H groups in total. The Labute approximate surface area is 200 Å². The molecule has 11 heteroatoms. The molecule has 3 aromatic heterocycles. The molecule has 0 radical (unpaired) electrons. The van der Waals surface area contributed by atoms with Gasteiger partial charge in [-0.1, -0.05) is 11.8 Å². The molecule has 0 aromatic carbocycles. The van der Waals surface area contributed by atoms with Crippen LogP contribution < -0.4 is 21.2 Å². The first-order valence-corrected chi connectivity index (χ1v) is 12.0. The van der Waals surface area contributed by atoms with Crippen molar-refractivity contribution in [3.05, 3.63) is 57.0 Å². The standard InChI is InChI=1S/C22H24N6O3S.ClH/c29-20-2-1-17-22-27(20)12-16(28(22)21(30)10-25-17)11-26-5-3-14(4-6-26)23-8-15-7-19-18(9-24-15)31-13-32-19;/h1-2,7,9-10,14,16,23H,3-6,8,11-13H2;1H/t16-;/m1./s1.